The van der Waals surface area contributed by atoms with E-state index in [1.807, 2.05) is 0 Å². The highest BCUT2D eigenvalue weighted by Crippen LogP contribution is 2.32. The molecule has 0 radical (unpaired) electrons. The van der Waals surface area contributed by atoms with Gasteiger partial charge in [-0.15, -0.1) is 12.4 Å². The summed E-state index contributed by atoms with van der Waals surface area (Å²) in [7, 11) is 4.28. The third kappa shape index (κ3) is 3.56. The first-order valence-electron chi connectivity index (χ1n) is 6.56. The number of allylic oxidation sites excluding steroid dienone is 1. The molecule has 0 aromatic rings. The molecule has 0 aliphatic heterocycles. The largest absolute Gasteiger partial charge is 0.303 e. The second kappa shape index (κ2) is 6.55. The topological polar surface area (TPSA) is 20.3 Å². The zero-order valence-electron chi connectivity index (χ0n) is 10.9. The summed E-state index contributed by atoms with van der Waals surface area (Å²) < 4.78 is 0. The number of ketones is 1. The van der Waals surface area contributed by atoms with E-state index in [2.05, 4.69) is 25.1 Å². The minimum Gasteiger partial charge on any atom is -0.303 e. The molecule has 0 spiro atoms. The Morgan fingerprint density at radius 2 is 2.12 bits per heavy atom. The highest BCUT2D eigenvalue weighted by Gasteiger charge is 2.29. The maximum Gasteiger partial charge on any atom is 0.136 e. The summed E-state index contributed by atoms with van der Waals surface area (Å²) in [6.07, 6.45) is 10.3. The van der Waals surface area contributed by atoms with Crippen molar-refractivity contribution < 1.29 is 4.79 Å². The minimum absolute atomic E-state index is 0. The predicted molar refractivity (Wildman–Crippen MR) is 73.6 cm³/mol. The smallest absolute Gasteiger partial charge is 0.136 e. The summed E-state index contributed by atoms with van der Waals surface area (Å²) in [5, 5.41) is 0. The van der Waals surface area contributed by atoms with Crippen LogP contribution in [0.1, 0.15) is 44.9 Å². The normalized spacial score (nSPS) is 25.9. The van der Waals surface area contributed by atoms with Crippen LogP contribution in [0, 0.1) is 5.92 Å². The maximum absolute atomic E-state index is 11.7. The third-order valence-electron chi connectivity index (χ3n) is 4.07. The first-order valence-corrected chi connectivity index (χ1v) is 6.56. The second-order valence-corrected chi connectivity index (χ2v) is 5.44. The summed E-state index contributed by atoms with van der Waals surface area (Å²) in [6, 6.07) is 0.509. The van der Waals surface area contributed by atoms with Gasteiger partial charge in [0.2, 0.25) is 0 Å². The standard InChI is InChI=1S/C14H23NO.ClH/c1-15(2)13(11-6-3-4-7-11)10-12-8-5-9-14(12)16;/h6,12-13H,3-5,7-10H2,1-2H3;1H. The van der Waals surface area contributed by atoms with E-state index in [0.29, 0.717) is 17.7 Å². The Morgan fingerprint density at radius 1 is 1.35 bits per heavy atom. The van der Waals surface area contributed by atoms with Crippen LogP contribution in [0.3, 0.4) is 0 Å². The lowest BCUT2D eigenvalue weighted by Crippen LogP contribution is -2.32. The van der Waals surface area contributed by atoms with Gasteiger partial charge in [-0.25, -0.2) is 0 Å². The van der Waals surface area contributed by atoms with E-state index in [1.54, 1.807) is 5.57 Å². The molecule has 3 heteroatoms. The van der Waals surface area contributed by atoms with Crippen LogP contribution in [0.15, 0.2) is 11.6 Å². The van der Waals surface area contributed by atoms with E-state index in [4.69, 9.17) is 0 Å². The van der Waals surface area contributed by atoms with Crippen LogP contribution in [-0.4, -0.2) is 30.8 Å². The number of halogens is 1. The van der Waals surface area contributed by atoms with Gasteiger partial charge in [-0.3, -0.25) is 4.79 Å². The van der Waals surface area contributed by atoms with Gasteiger partial charge in [0, 0.05) is 18.4 Å². The van der Waals surface area contributed by atoms with E-state index in [-0.39, 0.29) is 12.4 Å². The van der Waals surface area contributed by atoms with E-state index in [0.717, 1.165) is 25.7 Å². The van der Waals surface area contributed by atoms with Crippen molar-refractivity contribution in [2.24, 2.45) is 5.92 Å². The lowest BCUT2D eigenvalue weighted by atomic mass is 9.92. The molecule has 0 bridgehead atoms. The van der Waals surface area contributed by atoms with Crippen molar-refractivity contribution in [1.82, 2.24) is 4.90 Å². The molecule has 1 saturated carbocycles. The highest BCUT2D eigenvalue weighted by atomic mass is 35.5. The van der Waals surface area contributed by atoms with E-state index >= 15 is 0 Å². The third-order valence-corrected chi connectivity index (χ3v) is 4.07. The van der Waals surface area contributed by atoms with Crippen LogP contribution in [-0.2, 0) is 4.79 Å². The van der Waals surface area contributed by atoms with Crippen LogP contribution < -0.4 is 0 Å². The molecule has 0 aromatic heterocycles. The van der Waals surface area contributed by atoms with E-state index in [1.165, 1.54) is 19.3 Å². The van der Waals surface area contributed by atoms with E-state index in [9.17, 15) is 4.79 Å². The van der Waals surface area contributed by atoms with Crippen LogP contribution in [0.25, 0.3) is 0 Å². The molecule has 0 N–H and O–H groups in total. The summed E-state index contributed by atoms with van der Waals surface area (Å²) >= 11 is 0. The van der Waals surface area contributed by atoms with Crippen LogP contribution >= 0.6 is 12.4 Å². The van der Waals surface area contributed by atoms with Gasteiger partial charge >= 0.3 is 0 Å². The molecule has 0 heterocycles. The van der Waals surface area contributed by atoms with Crippen molar-refractivity contribution in [3.63, 3.8) is 0 Å². The fraction of sp³-hybridized carbons (Fsp3) is 0.786. The van der Waals surface area contributed by atoms with Crippen LogP contribution in [0.4, 0.5) is 0 Å². The molecule has 17 heavy (non-hydrogen) atoms. The Morgan fingerprint density at radius 3 is 2.59 bits per heavy atom. The molecular formula is C14H24ClNO. The number of hydrogen-bond donors (Lipinski definition) is 0. The van der Waals surface area contributed by atoms with Gasteiger partial charge in [0.05, 0.1) is 0 Å². The molecule has 98 valence electrons. The molecule has 0 aromatic carbocycles. The summed E-state index contributed by atoms with van der Waals surface area (Å²) in [6.45, 7) is 0. The number of Topliss-reactive ketones (excluding diaryl/α,β-unsaturated/α-hetero) is 1. The fourth-order valence-corrected chi connectivity index (χ4v) is 3.10. The van der Waals surface area contributed by atoms with Gasteiger partial charge in [-0.05, 0) is 52.6 Å². The molecule has 2 rings (SSSR count). The van der Waals surface area contributed by atoms with Crippen molar-refractivity contribution >= 4 is 18.2 Å². The monoisotopic (exact) mass is 257 g/mol. The van der Waals surface area contributed by atoms with Crippen molar-refractivity contribution in [1.29, 1.82) is 0 Å². The zero-order chi connectivity index (χ0) is 11.5. The lowest BCUT2D eigenvalue weighted by Gasteiger charge is -2.28. The lowest BCUT2D eigenvalue weighted by molar-refractivity contribution is -0.121. The molecule has 2 nitrogen and oxygen atoms in total. The maximum atomic E-state index is 11.7. The Bertz CT molecular complexity index is 299. The van der Waals surface area contributed by atoms with Gasteiger partial charge in [0.25, 0.3) is 0 Å². The highest BCUT2D eigenvalue weighted by molar-refractivity contribution is 5.85. The summed E-state index contributed by atoms with van der Waals surface area (Å²) in [4.78, 5) is 14.0. The van der Waals surface area contributed by atoms with Crippen molar-refractivity contribution in [3.8, 4) is 0 Å². The van der Waals surface area contributed by atoms with Crippen molar-refractivity contribution in [2.75, 3.05) is 14.1 Å². The zero-order valence-corrected chi connectivity index (χ0v) is 11.8. The fourth-order valence-electron chi connectivity index (χ4n) is 3.10. The van der Waals surface area contributed by atoms with Crippen LogP contribution in [0.5, 0.6) is 0 Å². The summed E-state index contributed by atoms with van der Waals surface area (Å²) in [5.74, 6) is 0.847. The number of rotatable bonds is 4. The van der Waals surface area contributed by atoms with Gasteiger partial charge in [0.1, 0.15) is 5.78 Å². The first-order chi connectivity index (χ1) is 7.68. The number of hydrogen-bond acceptors (Lipinski definition) is 2. The minimum atomic E-state index is 0. The number of carbonyl (C=O) groups excluding carboxylic acids is 1. The molecule has 0 amide bonds. The van der Waals surface area contributed by atoms with Crippen molar-refractivity contribution in [2.45, 2.75) is 51.0 Å². The molecule has 2 unspecified atom stereocenters. The van der Waals surface area contributed by atoms with E-state index < -0.39 is 0 Å². The van der Waals surface area contributed by atoms with Crippen molar-refractivity contribution in [3.05, 3.63) is 11.6 Å². The number of carbonyl (C=O) groups is 1. The summed E-state index contributed by atoms with van der Waals surface area (Å²) in [5.41, 5.74) is 1.57. The molecule has 2 aliphatic rings. The molecule has 2 atom stereocenters. The Hall–Kier alpha value is -0.340. The quantitative estimate of drug-likeness (QED) is 0.721. The Balaban J connectivity index is 0.00000144. The molecule has 0 saturated heterocycles. The molecule has 1 fully saturated rings. The van der Waals surface area contributed by atoms with Gasteiger partial charge in [0.15, 0.2) is 0 Å². The average molecular weight is 258 g/mol. The Kier molecular flexibility index (Phi) is 5.68. The van der Waals surface area contributed by atoms with Gasteiger partial charge in [-0.2, -0.15) is 0 Å². The predicted octanol–water partition coefficient (Wildman–Crippen LogP) is 3.21. The first kappa shape index (κ1) is 14.7. The molecule has 2 aliphatic carbocycles. The number of likely N-dealkylation sites (N-methyl/N-ethyl adjacent to an activating group) is 1. The van der Waals surface area contributed by atoms with Crippen LogP contribution in [0.2, 0.25) is 0 Å². The molecular weight excluding hydrogens is 234 g/mol. The second-order valence-electron chi connectivity index (χ2n) is 5.44. The SMILES string of the molecule is CN(C)C(CC1CCCC1=O)C1=CCCC1.Cl. The van der Waals surface area contributed by atoms with Gasteiger partial charge in [-0.1, -0.05) is 11.6 Å². The Labute approximate surface area is 111 Å². The van der Waals surface area contributed by atoms with Gasteiger partial charge < -0.3 is 4.90 Å². The average Bonchev–Trinajstić information content (AvgIpc) is 2.85. The number of nitrogens with zero attached hydrogens (tertiary/aromatic N) is 1.